The van der Waals surface area contributed by atoms with Crippen LogP contribution in [0.15, 0.2) is 158 Å². The molecule has 292 valence electrons. The van der Waals surface area contributed by atoms with Crippen molar-refractivity contribution in [1.82, 2.24) is 9.97 Å². The molecule has 7 nitrogen and oxygen atoms in total. The van der Waals surface area contributed by atoms with Gasteiger partial charge in [0.15, 0.2) is 10.3 Å². The molecule has 59 heavy (non-hydrogen) atoms. The van der Waals surface area contributed by atoms with Crippen molar-refractivity contribution in [3.05, 3.63) is 179 Å². The van der Waals surface area contributed by atoms with Gasteiger partial charge in [0.25, 0.3) is 11.8 Å². The molecule has 0 radical (unpaired) electrons. The van der Waals surface area contributed by atoms with Crippen LogP contribution < -0.4 is 15.4 Å². The van der Waals surface area contributed by atoms with E-state index in [0.717, 1.165) is 80.2 Å². The summed E-state index contributed by atoms with van der Waals surface area (Å²) in [5.41, 5.74) is 9.45. The Kier molecular flexibility index (Phi) is 12.1. The van der Waals surface area contributed by atoms with E-state index < -0.39 is 0 Å². The first-order valence-corrected chi connectivity index (χ1v) is 21.4. The van der Waals surface area contributed by atoms with Crippen molar-refractivity contribution >= 4 is 44.8 Å². The molecule has 0 atom stereocenters. The molecule has 0 spiro atoms. The molecule has 2 heterocycles. The number of aromatic nitrogens is 2. The zero-order valence-corrected chi connectivity index (χ0v) is 34.4. The molecule has 0 bridgehead atoms. The number of carbonyl (C=O) groups is 2. The van der Waals surface area contributed by atoms with Crippen molar-refractivity contribution in [2.24, 2.45) is 0 Å². The smallest absolute Gasteiger partial charge is 0.257 e. The van der Waals surface area contributed by atoms with Crippen LogP contribution in [-0.2, 0) is 12.8 Å². The Morgan fingerprint density at radius 1 is 0.458 bits per heavy atom. The highest BCUT2D eigenvalue weighted by Gasteiger charge is 2.18. The van der Waals surface area contributed by atoms with Gasteiger partial charge in [-0.2, -0.15) is 0 Å². The average molecular weight is 811 g/mol. The third kappa shape index (κ3) is 9.39. The summed E-state index contributed by atoms with van der Waals surface area (Å²) in [6, 6.07) is 51.3. The summed E-state index contributed by atoms with van der Waals surface area (Å²) in [5, 5.41) is 7.13. The van der Waals surface area contributed by atoms with Gasteiger partial charge < -0.3 is 4.74 Å². The first-order chi connectivity index (χ1) is 28.9. The first-order valence-electron chi connectivity index (χ1n) is 19.8. The Morgan fingerprint density at radius 3 is 1.15 bits per heavy atom. The number of amides is 2. The standard InChI is InChI=1S/C50H42N4O3S2/c1-3-11-43-45(37-21-17-35(18-22-37)33-13-7-5-8-14-33)51-49(58-43)53-47(55)39-25-29-41(30-26-39)57-42-31-27-40(28-32-42)48(56)54-50-52-46(44(59-50)12-4-2)38-23-19-36(20-24-38)34-15-9-6-10-16-34/h5-10,13-32H,3-4,11-12H2,1-2H3,(H,51,53,55)(H,52,54,56). The number of carbonyl (C=O) groups excluding carboxylic acids is 2. The Hall–Kier alpha value is -6.68. The largest absolute Gasteiger partial charge is 0.457 e. The Labute approximate surface area is 352 Å². The van der Waals surface area contributed by atoms with E-state index in [1.807, 2.05) is 36.4 Å². The third-order valence-electron chi connectivity index (χ3n) is 9.79. The van der Waals surface area contributed by atoms with E-state index in [-0.39, 0.29) is 11.8 Å². The number of hydrogen-bond acceptors (Lipinski definition) is 7. The lowest BCUT2D eigenvalue weighted by molar-refractivity contribution is 0.101. The van der Waals surface area contributed by atoms with Gasteiger partial charge in [0.05, 0.1) is 11.4 Å². The van der Waals surface area contributed by atoms with E-state index in [9.17, 15) is 9.59 Å². The van der Waals surface area contributed by atoms with Crippen LogP contribution in [0.1, 0.15) is 57.2 Å². The van der Waals surface area contributed by atoms with Gasteiger partial charge in [-0.3, -0.25) is 20.2 Å². The van der Waals surface area contributed by atoms with Crippen LogP contribution in [-0.4, -0.2) is 21.8 Å². The molecule has 0 saturated heterocycles. The Bertz CT molecular complexity index is 2470. The number of hydrogen-bond donors (Lipinski definition) is 2. The maximum atomic E-state index is 13.3. The van der Waals surface area contributed by atoms with Crippen molar-refractivity contribution in [3.8, 4) is 56.3 Å². The predicted molar refractivity (Wildman–Crippen MR) is 243 cm³/mol. The van der Waals surface area contributed by atoms with Gasteiger partial charge in [-0.25, -0.2) is 9.97 Å². The summed E-state index contributed by atoms with van der Waals surface area (Å²) in [6.45, 7) is 4.29. The lowest BCUT2D eigenvalue weighted by atomic mass is 10.0. The molecule has 2 N–H and O–H groups in total. The number of ether oxygens (including phenoxy) is 1. The molecule has 0 unspecified atom stereocenters. The molecule has 0 aliphatic rings. The minimum absolute atomic E-state index is 0.246. The second-order valence-electron chi connectivity index (χ2n) is 14.0. The van der Waals surface area contributed by atoms with Crippen LogP contribution in [0.4, 0.5) is 10.3 Å². The summed E-state index contributed by atoms with van der Waals surface area (Å²) in [4.78, 5) is 38.6. The summed E-state index contributed by atoms with van der Waals surface area (Å²) < 4.78 is 6.06. The molecule has 9 heteroatoms. The minimum Gasteiger partial charge on any atom is -0.457 e. The second kappa shape index (κ2) is 18.3. The molecular weight excluding hydrogens is 769 g/mol. The fourth-order valence-corrected chi connectivity index (χ4v) is 8.94. The lowest BCUT2D eigenvalue weighted by Gasteiger charge is -2.08. The van der Waals surface area contributed by atoms with Gasteiger partial charge in [-0.1, -0.05) is 136 Å². The number of nitrogens with one attached hydrogen (secondary N) is 2. The van der Waals surface area contributed by atoms with Gasteiger partial charge in [0, 0.05) is 32.0 Å². The summed E-state index contributed by atoms with van der Waals surface area (Å²) in [6.07, 6.45) is 3.70. The van der Waals surface area contributed by atoms with Crippen LogP contribution in [0, 0.1) is 0 Å². The van der Waals surface area contributed by atoms with Crippen LogP contribution in [0.5, 0.6) is 11.5 Å². The molecule has 0 aliphatic carbocycles. The molecule has 6 aromatic carbocycles. The number of thiazole rings is 2. The molecule has 8 aromatic rings. The average Bonchev–Trinajstić information content (AvgIpc) is 3.88. The highest BCUT2D eigenvalue weighted by molar-refractivity contribution is 7.16. The zero-order valence-electron chi connectivity index (χ0n) is 32.8. The van der Waals surface area contributed by atoms with Crippen molar-refractivity contribution < 1.29 is 14.3 Å². The quantitative estimate of drug-likeness (QED) is 0.114. The molecule has 0 fully saturated rings. The minimum atomic E-state index is -0.246. The van der Waals surface area contributed by atoms with E-state index in [1.54, 1.807) is 48.5 Å². The van der Waals surface area contributed by atoms with E-state index in [0.29, 0.717) is 32.9 Å². The van der Waals surface area contributed by atoms with Crippen molar-refractivity contribution in [1.29, 1.82) is 0 Å². The van der Waals surface area contributed by atoms with Crippen LogP contribution in [0.3, 0.4) is 0 Å². The fraction of sp³-hybridized carbons (Fsp3) is 0.120. The Balaban J connectivity index is 0.879. The molecule has 8 rings (SSSR count). The highest BCUT2D eigenvalue weighted by atomic mass is 32.1. The number of benzene rings is 6. The summed E-state index contributed by atoms with van der Waals surface area (Å²) in [5.74, 6) is 0.639. The van der Waals surface area contributed by atoms with E-state index >= 15 is 0 Å². The number of aryl methyl sites for hydroxylation is 2. The molecule has 2 amide bonds. The lowest BCUT2D eigenvalue weighted by Crippen LogP contribution is -2.11. The highest BCUT2D eigenvalue weighted by Crippen LogP contribution is 2.36. The molecule has 2 aromatic heterocycles. The molecule has 0 saturated carbocycles. The van der Waals surface area contributed by atoms with Crippen LogP contribution >= 0.6 is 22.7 Å². The van der Waals surface area contributed by atoms with Crippen LogP contribution in [0.2, 0.25) is 0 Å². The zero-order chi connectivity index (χ0) is 40.6. The van der Waals surface area contributed by atoms with Gasteiger partial charge in [-0.15, -0.1) is 22.7 Å². The van der Waals surface area contributed by atoms with E-state index in [1.165, 1.54) is 22.7 Å². The van der Waals surface area contributed by atoms with Gasteiger partial charge in [0.1, 0.15) is 11.5 Å². The topological polar surface area (TPSA) is 93.2 Å². The van der Waals surface area contributed by atoms with Crippen molar-refractivity contribution in [2.75, 3.05) is 10.6 Å². The number of anilines is 2. The maximum absolute atomic E-state index is 13.3. The SMILES string of the molecule is CCCc1sc(NC(=O)c2ccc(Oc3ccc(C(=O)Nc4nc(-c5ccc(-c6ccccc6)cc5)c(CCC)s4)cc3)cc2)nc1-c1ccc(-c2ccccc2)cc1. The maximum Gasteiger partial charge on any atom is 0.257 e. The number of rotatable bonds is 14. The molecule has 0 aliphatic heterocycles. The van der Waals surface area contributed by atoms with Gasteiger partial charge >= 0.3 is 0 Å². The molecular formula is C50H42N4O3S2. The van der Waals surface area contributed by atoms with Gasteiger partial charge in [0.2, 0.25) is 0 Å². The monoisotopic (exact) mass is 810 g/mol. The fourth-order valence-electron chi connectivity index (χ4n) is 6.78. The van der Waals surface area contributed by atoms with Crippen molar-refractivity contribution in [3.63, 3.8) is 0 Å². The van der Waals surface area contributed by atoms with Gasteiger partial charge in [-0.05, 0) is 83.6 Å². The summed E-state index contributed by atoms with van der Waals surface area (Å²) >= 11 is 3.03. The van der Waals surface area contributed by atoms with E-state index in [2.05, 4.69) is 97.3 Å². The third-order valence-corrected chi connectivity index (χ3v) is 11.9. The van der Waals surface area contributed by atoms with Crippen molar-refractivity contribution in [2.45, 2.75) is 39.5 Å². The summed E-state index contributed by atoms with van der Waals surface area (Å²) in [7, 11) is 0. The Morgan fingerprint density at radius 2 is 0.797 bits per heavy atom. The number of nitrogens with zero attached hydrogens (tertiary/aromatic N) is 2. The first kappa shape index (κ1) is 39.2. The normalized spacial score (nSPS) is 10.9. The van der Waals surface area contributed by atoms with Crippen LogP contribution in [0.25, 0.3) is 44.8 Å². The van der Waals surface area contributed by atoms with E-state index in [4.69, 9.17) is 14.7 Å². The second-order valence-corrected chi connectivity index (χ2v) is 16.2. The predicted octanol–water partition coefficient (Wildman–Crippen LogP) is 13.5.